The second kappa shape index (κ2) is 9.22. The van der Waals surface area contributed by atoms with Crippen molar-refractivity contribution >= 4 is 29.2 Å². The van der Waals surface area contributed by atoms with Gasteiger partial charge in [0.1, 0.15) is 30.0 Å². The van der Waals surface area contributed by atoms with E-state index in [4.69, 9.17) is 21.1 Å². The van der Waals surface area contributed by atoms with Crippen LogP contribution in [0.1, 0.15) is 12.5 Å². The molecule has 4 atom stereocenters. The molecule has 3 aliphatic rings. The fourth-order valence-electron chi connectivity index (χ4n) is 5.37. The summed E-state index contributed by atoms with van der Waals surface area (Å²) in [6, 6.07) is 12.2. The highest BCUT2D eigenvalue weighted by Crippen LogP contribution is 2.39. The van der Waals surface area contributed by atoms with Gasteiger partial charge in [-0.15, -0.1) is 0 Å². The molecule has 4 unspecified atom stereocenters. The van der Waals surface area contributed by atoms with Gasteiger partial charge < -0.3 is 19.3 Å². The van der Waals surface area contributed by atoms with Gasteiger partial charge in [-0.25, -0.2) is 4.79 Å². The van der Waals surface area contributed by atoms with Gasteiger partial charge in [0.2, 0.25) is 0 Å². The first-order chi connectivity index (χ1) is 16.8. The zero-order chi connectivity index (χ0) is 24.9. The second-order valence-corrected chi connectivity index (χ2v) is 9.74. The Balaban J connectivity index is 1.48. The average molecular weight is 500 g/mol. The van der Waals surface area contributed by atoms with E-state index in [1.165, 1.54) is 4.90 Å². The molecule has 0 bridgehead atoms. The molecule has 3 heterocycles. The van der Waals surface area contributed by atoms with Gasteiger partial charge in [-0.1, -0.05) is 36.7 Å². The van der Waals surface area contributed by atoms with Crippen molar-refractivity contribution in [3.05, 3.63) is 53.1 Å². The van der Waals surface area contributed by atoms with Crippen molar-refractivity contribution in [1.29, 1.82) is 0 Å². The Kier molecular flexibility index (Phi) is 6.25. The van der Waals surface area contributed by atoms with E-state index in [-0.39, 0.29) is 30.7 Å². The molecule has 0 saturated carbocycles. The number of hydrogen-bond acceptors (Lipinski definition) is 7. The summed E-state index contributed by atoms with van der Waals surface area (Å²) in [6.07, 6.45) is -0.720. The van der Waals surface area contributed by atoms with Gasteiger partial charge >= 0.3 is 6.03 Å². The zero-order valence-electron chi connectivity index (χ0n) is 20.3. The molecular formula is C25H30ClN5O4. The molecule has 5 rings (SSSR count). The number of likely N-dealkylation sites (N-methyl/N-ethyl adjacent to an activating group) is 1. The summed E-state index contributed by atoms with van der Waals surface area (Å²) in [4.78, 5) is 34.3. The van der Waals surface area contributed by atoms with Crippen LogP contribution in [0, 0.1) is 5.92 Å². The van der Waals surface area contributed by atoms with Crippen LogP contribution in [0.2, 0.25) is 5.02 Å². The van der Waals surface area contributed by atoms with E-state index in [1.807, 2.05) is 36.4 Å². The summed E-state index contributed by atoms with van der Waals surface area (Å²) in [7, 11) is 4.99. The molecule has 0 radical (unpaired) electrons. The SMILES string of the molecule is COc1ccc(N2CC(C)CN3C4C(=O)N(Cc5ccccc5Cl)C(=O)N(C)C4NC23)c(OC)c1. The number of nitrogens with one attached hydrogen (secondary N) is 1. The van der Waals surface area contributed by atoms with Crippen LogP contribution in [0.15, 0.2) is 42.5 Å². The molecule has 2 aromatic rings. The fraction of sp³-hybridized carbons (Fsp3) is 0.440. The van der Waals surface area contributed by atoms with Crippen molar-refractivity contribution in [3.8, 4) is 11.5 Å². The molecule has 1 N–H and O–H groups in total. The van der Waals surface area contributed by atoms with Crippen LogP contribution in [0.5, 0.6) is 11.5 Å². The van der Waals surface area contributed by atoms with Gasteiger partial charge in [0.15, 0.2) is 0 Å². The van der Waals surface area contributed by atoms with E-state index in [2.05, 4.69) is 22.0 Å². The summed E-state index contributed by atoms with van der Waals surface area (Å²) in [5, 5.41) is 4.08. The van der Waals surface area contributed by atoms with E-state index in [0.29, 0.717) is 16.5 Å². The summed E-state index contributed by atoms with van der Waals surface area (Å²) in [5.74, 6) is 1.46. The number of benzene rings is 2. The predicted molar refractivity (Wildman–Crippen MR) is 132 cm³/mol. The lowest BCUT2D eigenvalue weighted by Gasteiger charge is -2.46. The number of carbonyl (C=O) groups excluding carboxylic acids is 2. The van der Waals surface area contributed by atoms with E-state index in [0.717, 1.165) is 24.3 Å². The monoisotopic (exact) mass is 499 g/mol. The van der Waals surface area contributed by atoms with E-state index in [1.54, 1.807) is 32.2 Å². The number of imide groups is 1. The molecule has 186 valence electrons. The largest absolute Gasteiger partial charge is 0.497 e. The molecule has 9 nitrogen and oxygen atoms in total. The van der Waals surface area contributed by atoms with Gasteiger partial charge in [-0.05, 0) is 29.7 Å². The zero-order valence-corrected chi connectivity index (χ0v) is 21.0. The lowest BCUT2D eigenvalue weighted by molar-refractivity contribution is -0.139. The number of ether oxygens (including phenoxy) is 2. The molecule has 10 heteroatoms. The molecule has 0 aromatic heterocycles. The van der Waals surface area contributed by atoms with Crippen LogP contribution < -0.4 is 19.7 Å². The standard InChI is InChI=1S/C25H30ClN5O4/c1-15-12-29(19-10-9-17(34-3)11-20(19)35-4)24-27-22-21(30(24)13-15)23(32)31(25(33)28(22)2)14-16-7-5-6-8-18(16)26/h5-11,15,21-22,24,27H,12-14H2,1-4H3. The Morgan fingerprint density at radius 1 is 1.09 bits per heavy atom. The van der Waals surface area contributed by atoms with Crippen molar-refractivity contribution in [1.82, 2.24) is 20.0 Å². The number of anilines is 1. The summed E-state index contributed by atoms with van der Waals surface area (Å²) < 4.78 is 11.0. The van der Waals surface area contributed by atoms with Crippen molar-refractivity contribution in [2.24, 2.45) is 5.92 Å². The lowest BCUT2D eigenvalue weighted by Crippen LogP contribution is -2.66. The third-order valence-corrected chi connectivity index (χ3v) is 7.44. The Morgan fingerprint density at radius 2 is 1.86 bits per heavy atom. The van der Waals surface area contributed by atoms with Crippen molar-refractivity contribution in [2.45, 2.75) is 32.0 Å². The summed E-state index contributed by atoms with van der Waals surface area (Å²) >= 11 is 6.34. The number of rotatable bonds is 5. The number of urea groups is 1. The smallest absolute Gasteiger partial charge is 0.328 e. The molecular weight excluding hydrogens is 470 g/mol. The number of halogens is 1. The first-order valence-electron chi connectivity index (χ1n) is 11.7. The first-order valence-corrected chi connectivity index (χ1v) is 12.0. The Labute approximate surface area is 210 Å². The van der Waals surface area contributed by atoms with Crippen LogP contribution >= 0.6 is 11.6 Å². The molecule has 0 spiro atoms. The number of nitrogens with zero attached hydrogens (tertiary/aromatic N) is 4. The molecule has 3 fully saturated rings. The van der Waals surface area contributed by atoms with Gasteiger partial charge in [0.25, 0.3) is 5.91 Å². The lowest BCUT2D eigenvalue weighted by atomic mass is 10.0. The highest BCUT2D eigenvalue weighted by Gasteiger charge is 2.57. The number of amides is 3. The normalized spacial score (nSPS) is 26.6. The minimum Gasteiger partial charge on any atom is -0.497 e. The molecule has 35 heavy (non-hydrogen) atoms. The van der Waals surface area contributed by atoms with E-state index >= 15 is 0 Å². The van der Waals surface area contributed by atoms with Gasteiger partial charge in [-0.2, -0.15) is 0 Å². The Hall–Kier alpha value is -3.01. The third-order valence-electron chi connectivity index (χ3n) is 7.07. The quantitative estimate of drug-likeness (QED) is 0.677. The van der Waals surface area contributed by atoms with Crippen LogP contribution in [0.25, 0.3) is 0 Å². The molecule has 3 amide bonds. The van der Waals surface area contributed by atoms with Gasteiger partial charge in [0.05, 0.1) is 26.5 Å². The topological polar surface area (TPSA) is 77.6 Å². The van der Waals surface area contributed by atoms with Crippen molar-refractivity contribution in [2.75, 3.05) is 39.3 Å². The average Bonchev–Trinajstić information content (AvgIpc) is 3.25. The minimum atomic E-state index is -0.514. The van der Waals surface area contributed by atoms with E-state index in [9.17, 15) is 9.59 Å². The minimum absolute atomic E-state index is 0.134. The number of hydrogen-bond donors (Lipinski definition) is 1. The van der Waals surface area contributed by atoms with E-state index < -0.39 is 12.2 Å². The fourth-order valence-corrected chi connectivity index (χ4v) is 5.56. The van der Waals surface area contributed by atoms with Gasteiger partial charge in [0, 0.05) is 31.2 Å². The third kappa shape index (κ3) is 3.97. The van der Waals surface area contributed by atoms with Crippen molar-refractivity contribution in [3.63, 3.8) is 0 Å². The Morgan fingerprint density at radius 3 is 2.57 bits per heavy atom. The highest BCUT2D eigenvalue weighted by molar-refractivity contribution is 6.31. The maximum atomic E-state index is 13.8. The van der Waals surface area contributed by atoms with Crippen LogP contribution in [0.3, 0.4) is 0 Å². The maximum Gasteiger partial charge on any atom is 0.328 e. The molecule has 3 aliphatic heterocycles. The maximum absolute atomic E-state index is 13.8. The molecule has 3 saturated heterocycles. The van der Waals surface area contributed by atoms with Gasteiger partial charge in [-0.3, -0.25) is 19.9 Å². The summed E-state index contributed by atoms with van der Waals surface area (Å²) in [6.45, 7) is 3.79. The van der Waals surface area contributed by atoms with Crippen LogP contribution in [-0.2, 0) is 11.3 Å². The number of methoxy groups -OCH3 is 2. The summed E-state index contributed by atoms with van der Waals surface area (Å²) in [5.41, 5.74) is 1.64. The number of fused-ring (bicyclic) bond motifs is 3. The Bertz CT molecular complexity index is 1150. The molecule has 2 aromatic carbocycles. The van der Waals surface area contributed by atoms with Crippen molar-refractivity contribution < 1.29 is 19.1 Å². The van der Waals surface area contributed by atoms with Crippen LogP contribution in [0.4, 0.5) is 10.5 Å². The molecule has 0 aliphatic carbocycles. The highest BCUT2D eigenvalue weighted by atomic mass is 35.5. The number of carbonyl (C=O) groups is 2. The van der Waals surface area contributed by atoms with Crippen LogP contribution in [-0.4, -0.2) is 79.5 Å². The predicted octanol–water partition coefficient (Wildman–Crippen LogP) is 2.79. The second-order valence-electron chi connectivity index (χ2n) is 9.33. The first kappa shape index (κ1) is 23.7.